The molecule has 0 amide bonds. The highest BCUT2D eigenvalue weighted by molar-refractivity contribution is 6.31. The van der Waals surface area contributed by atoms with Crippen LogP contribution >= 0.6 is 11.6 Å². The summed E-state index contributed by atoms with van der Waals surface area (Å²) in [5.74, 6) is -1.19. The van der Waals surface area contributed by atoms with Crippen molar-refractivity contribution in [1.29, 1.82) is 0 Å². The molecule has 0 fully saturated rings. The van der Waals surface area contributed by atoms with Crippen molar-refractivity contribution in [3.05, 3.63) is 22.5 Å². The number of halogens is 2. The maximum atomic E-state index is 13.2. The predicted molar refractivity (Wildman–Crippen MR) is 53.6 cm³/mol. The van der Waals surface area contributed by atoms with Gasteiger partial charge in [-0.2, -0.15) is 0 Å². The number of hydrogen-bond acceptors (Lipinski definition) is 4. The van der Waals surface area contributed by atoms with Crippen LogP contribution < -0.4 is 10.5 Å². The van der Waals surface area contributed by atoms with E-state index in [0.717, 1.165) is 6.07 Å². The number of ether oxygens (including phenoxy) is 1. The normalized spacial score (nSPS) is 12.6. The summed E-state index contributed by atoms with van der Waals surface area (Å²) in [5.41, 5.74) is 5.41. The van der Waals surface area contributed by atoms with Gasteiger partial charge < -0.3 is 20.7 Å². The fourth-order valence-electron chi connectivity index (χ4n) is 1.20. The van der Waals surface area contributed by atoms with Crippen LogP contribution in [0.1, 0.15) is 11.6 Å². The standard InChI is InChI=1S/C9H11ClFNO3/c1-15-6-2-4(11)8(10)7(9(6)14)5(12)3-13/h2,5,13-14H,3,12H2,1H3. The molecule has 0 aliphatic carbocycles. The van der Waals surface area contributed by atoms with E-state index in [4.69, 9.17) is 27.2 Å². The highest BCUT2D eigenvalue weighted by Crippen LogP contribution is 2.39. The van der Waals surface area contributed by atoms with E-state index >= 15 is 0 Å². The lowest BCUT2D eigenvalue weighted by Crippen LogP contribution is -2.16. The van der Waals surface area contributed by atoms with E-state index in [0.29, 0.717) is 0 Å². The van der Waals surface area contributed by atoms with Crippen LogP contribution in [0.5, 0.6) is 11.5 Å². The molecule has 1 rings (SSSR count). The van der Waals surface area contributed by atoms with Crippen molar-refractivity contribution in [3.8, 4) is 11.5 Å². The van der Waals surface area contributed by atoms with Gasteiger partial charge in [-0.25, -0.2) is 4.39 Å². The highest BCUT2D eigenvalue weighted by Gasteiger charge is 2.21. The van der Waals surface area contributed by atoms with Crippen molar-refractivity contribution in [2.24, 2.45) is 5.73 Å². The quantitative estimate of drug-likeness (QED) is 0.736. The van der Waals surface area contributed by atoms with Crippen molar-refractivity contribution < 1.29 is 19.3 Å². The van der Waals surface area contributed by atoms with Gasteiger partial charge in [-0.15, -0.1) is 0 Å². The smallest absolute Gasteiger partial charge is 0.164 e. The largest absolute Gasteiger partial charge is 0.504 e. The molecule has 0 saturated heterocycles. The fourth-order valence-corrected chi connectivity index (χ4v) is 1.48. The predicted octanol–water partition coefficient (Wildman–Crippen LogP) is 1.19. The molecule has 84 valence electrons. The molecule has 1 unspecified atom stereocenters. The molecule has 0 aromatic heterocycles. The van der Waals surface area contributed by atoms with Crippen LogP contribution in [-0.2, 0) is 0 Å². The van der Waals surface area contributed by atoms with Crippen LogP contribution in [-0.4, -0.2) is 23.9 Å². The topological polar surface area (TPSA) is 75.7 Å². The Hall–Kier alpha value is -1.04. The summed E-state index contributed by atoms with van der Waals surface area (Å²) in [7, 11) is 1.27. The molecule has 4 nitrogen and oxygen atoms in total. The number of aliphatic hydroxyl groups is 1. The summed E-state index contributed by atoms with van der Waals surface area (Å²) in [6.07, 6.45) is 0. The zero-order valence-electron chi connectivity index (χ0n) is 8.00. The lowest BCUT2D eigenvalue weighted by atomic mass is 10.1. The number of phenolic OH excluding ortho intramolecular Hbond substituents is 1. The maximum absolute atomic E-state index is 13.2. The maximum Gasteiger partial charge on any atom is 0.164 e. The average Bonchev–Trinajstić information content (AvgIpc) is 2.23. The van der Waals surface area contributed by atoms with Gasteiger partial charge in [0.25, 0.3) is 0 Å². The monoisotopic (exact) mass is 235 g/mol. The van der Waals surface area contributed by atoms with Crippen LogP contribution in [0.25, 0.3) is 0 Å². The van der Waals surface area contributed by atoms with E-state index in [1.54, 1.807) is 0 Å². The van der Waals surface area contributed by atoms with E-state index < -0.39 is 18.5 Å². The minimum Gasteiger partial charge on any atom is -0.504 e. The number of nitrogens with two attached hydrogens (primary N) is 1. The summed E-state index contributed by atoms with van der Waals surface area (Å²) in [6, 6.07) is -0.00673. The molecule has 0 bridgehead atoms. The van der Waals surface area contributed by atoms with Crippen molar-refractivity contribution in [3.63, 3.8) is 0 Å². The Labute approximate surface area is 91.0 Å². The molecule has 1 atom stereocenters. The van der Waals surface area contributed by atoms with Crippen LogP contribution in [0.3, 0.4) is 0 Å². The Morgan fingerprint density at radius 2 is 2.27 bits per heavy atom. The van der Waals surface area contributed by atoms with E-state index in [1.165, 1.54) is 7.11 Å². The van der Waals surface area contributed by atoms with E-state index in [9.17, 15) is 9.50 Å². The van der Waals surface area contributed by atoms with E-state index in [2.05, 4.69) is 0 Å². The Balaban J connectivity index is 3.40. The van der Waals surface area contributed by atoms with Crippen molar-refractivity contribution in [2.45, 2.75) is 6.04 Å². The molecule has 1 aromatic rings. The summed E-state index contributed by atoms with van der Waals surface area (Å²) < 4.78 is 18.0. The molecule has 0 saturated carbocycles. The van der Waals surface area contributed by atoms with Gasteiger partial charge in [0.15, 0.2) is 11.5 Å². The lowest BCUT2D eigenvalue weighted by molar-refractivity contribution is 0.263. The molecular formula is C9H11ClFNO3. The van der Waals surface area contributed by atoms with Gasteiger partial charge in [0.2, 0.25) is 0 Å². The Morgan fingerprint density at radius 3 is 2.73 bits per heavy atom. The lowest BCUT2D eigenvalue weighted by Gasteiger charge is -2.15. The van der Waals surface area contributed by atoms with Gasteiger partial charge in [-0.05, 0) is 0 Å². The Morgan fingerprint density at radius 1 is 1.67 bits per heavy atom. The number of hydrogen-bond donors (Lipinski definition) is 3. The SMILES string of the molecule is COc1cc(F)c(Cl)c(C(N)CO)c1O. The second kappa shape index (κ2) is 4.65. The molecule has 6 heteroatoms. The summed E-state index contributed by atoms with van der Waals surface area (Å²) >= 11 is 5.62. The zero-order valence-corrected chi connectivity index (χ0v) is 8.75. The van der Waals surface area contributed by atoms with Gasteiger partial charge in [0, 0.05) is 11.6 Å². The first kappa shape index (κ1) is 12.0. The fraction of sp³-hybridized carbons (Fsp3) is 0.333. The van der Waals surface area contributed by atoms with Crippen LogP contribution in [0, 0.1) is 5.82 Å². The number of aliphatic hydroxyl groups excluding tert-OH is 1. The molecule has 0 radical (unpaired) electrons. The number of benzene rings is 1. The van der Waals surface area contributed by atoms with Crippen LogP contribution in [0.4, 0.5) is 4.39 Å². The molecule has 4 N–H and O–H groups in total. The number of phenols is 1. The van der Waals surface area contributed by atoms with Crippen LogP contribution in [0.2, 0.25) is 5.02 Å². The molecule has 0 aliphatic rings. The Bertz CT molecular complexity index is 373. The van der Waals surface area contributed by atoms with Gasteiger partial charge in [0.05, 0.1) is 24.8 Å². The van der Waals surface area contributed by atoms with Gasteiger partial charge >= 0.3 is 0 Å². The summed E-state index contributed by atoms with van der Waals surface area (Å²) in [5, 5.41) is 18.2. The van der Waals surface area contributed by atoms with Crippen molar-refractivity contribution in [1.82, 2.24) is 0 Å². The van der Waals surface area contributed by atoms with E-state index in [-0.39, 0.29) is 22.1 Å². The number of methoxy groups -OCH3 is 1. The van der Waals surface area contributed by atoms with Gasteiger partial charge in [-0.3, -0.25) is 0 Å². The third kappa shape index (κ3) is 2.14. The van der Waals surface area contributed by atoms with Crippen molar-refractivity contribution >= 4 is 11.6 Å². The average molecular weight is 236 g/mol. The summed E-state index contributed by atoms with van der Waals surface area (Å²) in [4.78, 5) is 0. The third-order valence-corrected chi connectivity index (χ3v) is 2.36. The van der Waals surface area contributed by atoms with Crippen LogP contribution in [0.15, 0.2) is 6.07 Å². The second-order valence-corrected chi connectivity index (χ2v) is 3.30. The number of aromatic hydroxyl groups is 1. The highest BCUT2D eigenvalue weighted by atomic mass is 35.5. The molecule has 0 heterocycles. The van der Waals surface area contributed by atoms with Gasteiger partial charge in [-0.1, -0.05) is 11.6 Å². The van der Waals surface area contributed by atoms with Gasteiger partial charge in [0.1, 0.15) is 5.82 Å². The number of rotatable bonds is 3. The Kier molecular flexibility index (Phi) is 3.73. The minimum atomic E-state index is -0.956. The zero-order chi connectivity index (χ0) is 11.6. The van der Waals surface area contributed by atoms with E-state index in [1.807, 2.05) is 0 Å². The molecule has 0 aliphatic heterocycles. The molecule has 1 aromatic carbocycles. The first-order valence-electron chi connectivity index (χ1n) is 4.14. The third-order valence-electron chi connectivity index (χ3n) is 1.98. The summed E-state index contributed by atoms with van der Waals surface area (Å²) in [6.45, 7) is -0.458. The first-order chi connectivity index (χ1) is 7.02. The first-order valence-corrected chi connectivity index (χ1v) is 4.52. The minimum absolute atomic E-state index is 0.0592. The van der Waals surface area contributed by atoms with Crippen molar-refractivity contribution in [2.75, 3.05) is 13.7 Å². The second-order valence-electron chi connectivity index (χ2n) is 2.93. The molecule has 0 spiro atoms. The molecular weight excluding hydrogens is 225 g/mol. The molecule has 15 heavy (non-hydrogen) atoms.